The van der Waals surface area contributed by atoms with Crippen molar-refractivity contribution >= 4 is 11.6 Å². The standard InChI is InChI=1S/C22H32N6O/c29-22(16-6-1-2-7-16)24-20-13-23-25-21(20)17-8-5-10-27(14-17)15-18-12-19-9-3-4-11-28(19)26-18/h12-13,16-17H,1-11,14-15H2,(H,23,25)(H,24,29). The third-order valence-electron chi connectivity index (χ3n) is 6.92. The number of hydrogen-bond donors (Lipinski definition) is 2. The van der Waals surface area contributed by atoms with Gasteiger partial charge in [-0.15, -0.1) is 0 Å². The molecule has 2 fully saturated rings. The number of aromatic nitrogens is 4. The van der Waals surface area contributed by atoms with Crippen molar-refractivity contribution in [2.45, 2.75) is 76.8 Å². The van der Waals surface area contributed by atoms with Crippen LogP contribution in [0.3, 0.4) is 0 Å². The van der Waals surface area contributed by atoms with Crippen molar-refractivity contribution in [1.29, 1.82) is 0 Å². The molecule has 1 atom stereocenters. The van der Waals surface area contributed by atoms with Crippen LogP contribution in [-0.4, -0.2) is 43.9 Å². The molecule has 1 saturated carbocycles. The summed E-state index contributed by atoms with van der Waals surface area (Å²) in [5.74, 6) is 0.719. The molecular formula is C22H32N6O. The van der Waals surface area contributed by atoms with Crippen LogP contribution in [-0.2, 0) is 24.3 Å². The van der Waals surface area contributed by atoms with Crippen molar-refractivity contribution in [1.82, 2.24) is 24.9 Å². The normalized spacial score (nSPS) is 23.2. The van der Waals surface area contributed by atoms with E-state index in [4.69, 9.17) is 5.10 Å². The summed E-state index contributed by atoms with van der Waals surface area (Å²) in [5, 5.41) is 15.4. The van der Waals surface area contributed by atoms with E-state index in [0.717, 1.165) is 69.7 Å². The predicted octanol–water partition coefficient (Wildman–Crippen LogP) is 3.45. The molecule has 0 bridgehead atoms. The van der Waals surface area contributed by atoms with E-state index in [1.54, 1.807) is 6.20 Å². The molecular weight excluding hydrogens is 364 g/mol. The molecule has 2 aromatic heterocycles. The van der Waals surface area contributed by atoms with Gasteiger partial charge < -0.3 is 5.32 Å². The molecule has 1 amide bonds. The van der Waals surface area contributed by atoms with Crippen molar-refractivity contribution in [3.8, 4) is 0 Å². The van der Waals surface area contributed by atoms with Crippen molar-refractivity contribution in [3.63, 3.8) is 0 Å². The summed E-state index contributed by atoms with van der Waals surface area (Å²) in [6, 6.07) is 2.30. The zero-order chi connectivity index (χ0) is 19.6. The molecule has 156 valence electrons. The van der Waals surface area contributed by atoms with E-state index in [1.165, 1.54) is 37.1 Å². The van der Waals surface area contributed by atoms with Crippen molar-refractivity contribution < 1.29 is 4.79 Å². The third kappa shape index (κ3) is 4.10. The average Bonchev–Trinajstić information content (AvgIpc) is 3.48. The molecule has 0 radical (unpaired) electrons. The summed E-state index contributed by atoms with van der Waals surface area (Å²) in [7, 11) is 0. The van der Waals surface area contributed by atoms with Gasteiger partial charge in [0.15, 0.2) is 0 Å². The number of fused-ring (bicyclic) bond motifs is 1. The lowest BCUT2D eigenvalue weighted by Gasteiger charge is -2.32. The fourth-order valence-corrected chi connectivity index (χ4v) is 5.35. The van der Waals surface area contributed by atoms with Crippen molar-refractivity contribution in [2.75, 3.05) is 18.4 Å². The number of nitrogens with zero attached hydrogens (tertiary/aromatic N) is 4. The Labute approximate surface area is 172 Å². The maximum absolute atomic E-state index is 12.6. The Morgan fingerprint density at radius 1 is 1.14 bits per heavy atom. The molecule has 3 aliphatic rings. The van der Waals surface area contributed by atoms with Gasteiger partial charge in [0.25, 0.3) is 0 Å². The summed E-state index contributed by atoms with van der Waals surface area (Å²) in [6.45, 7) is 4.07. The lowest BCUT2D eigenvalue weighted by atomic mass is 9.93. The summed E-state index contributed by atoms with van der Waals surface area (Å²) in [6.07, 6.45) is 12.1. The Bertz CT molecular complexity index is 826. The van der Waals surface area contributed by atoms with Crippen molar-refractivity contribution in [3.05, 3.63) is 29.3 Å². The highest BCUT2D eigenvalue weighted by atomic mass is 16.1. The lowest BCUT2D eigenvalue weighted by Crippen LogP contribution is -2.34. The molecule has 0 spiro atoms. The Hall–Kier alpha value is -2.15. The molecule has 2 aliphatic heterocycles. The Morgan fingerprint density at radius 2 is 2.03 bits per heavy atom. The number of carbonyl (C=O) groups is 1. The van der Waals surface area contributed by atoms with E-state index in [9.17, 15) is 4.79 Å². The van der Waals surface area contributed by atoms with E-state index in [1.807, 2.05) is 0 Å². The SMILES string of the molecule is O=C(Nc1cn[nH]c1C1CCCN(Cc2cc3n(n2)CCCC3)C1)C1CCCC1. The molecule has 29 heavy (non-hydrogen) atoms. The van der Waals surface area contributed by atoms with Crippen LogP contribution in [0.15, 0.2) is 12.3 Å². The summed E-state index contributed by atoms with van der Waals surface area (Å²) >= 11 is 0. The molecule has 7 heteroatoms. The first-order valence-electron chi connectivity index (χ1n) is 11.4. The molecule has 2 N–H and O–H groups in total. The second kappa shape index (κ2) is 8.30. The largest absolute Gasteiger partial charge is 0.323 e. The maximum atomic E-state index is 12.6. The van der Waals surface area contributed by atoms with E-state index in [2.05, 4.69) is 31.2 Å². The minimum atomic E-state index is 0.168. The van der Waals surface area contributed by atoms with Gasteiger partial charge in [-0.3, -0.25) is 19.5 Å². The maximum Gasteiger partial charge on any atom is 0.227 e. The number of likely N-dealkylation sites (tertiary alicyclic amines) is 1. The number of anilines is 1. The van der Waals surface area contributed by atoms with Gasteiger partial charge >= 0.3 is 0 Å². The minimum absolute atomic E-state index is 0.168. The molecule has 4 heterocycles. The van der Waals surface area contributed by atoms with Gasteiger partial charge in [-0.2, -0.15) is 10.2 Å². The highest BCUT2D eigenvalue weighted by Crippen LogP contribution is 2.32. The molecule has 1 unspecified atom stereocenters. The van der Waals surface area contributed by atoms with Crippen LogP contribution >= 0.6 is 0 Å². The van der Waals surface area contributed by atoms with Gasteiger partial charge in [-0.05, 0) is 57.6 Å². The number of piperidine rings is 1. The third-order valence-corrected chi connectivity index (χ3v) is 6.92. The number of rotatable bonds is 5. The lowest BCUT2D eigenvalue weighted by molar-refractivity contribution is -0.119. The monoisotopic (exact) mass is 396 g/mol. The number of carbonyl (C=O) groups excluding carboxylic acids is 1. The van der Waals surface area contributed by atoms with E-state index in [0.29, 0.717) is 5.92 Å². The first kappa shape index (κ1) is 18.9. The van der Waals surface area contributed by atoms with E-state index in [-0.39, 0.29) is 11.8 Å². The van der Waals surface area contributed by atoms with Crippen LogP contribution in [0.4, 0.5) is 5.69 Å². The van der Waals surface area contributed by atoms with Gasteiger partial charge in [0.1, 0.15) is 0 Å². The van der Waals surface area contributed by atoms with Gasteiger partial charge in [-0.1, -0.05) is 12.8 Å². The zero-order valence-electron chi connectivity index (χ0n) is 17.2. The Kier molecular flexibility index (Phi) is 5.40. The fraction of sp³-hybridized carbons (Fsp3) is 0.682. The first-order chi connectivity index (χ1) is 14.3. The van der Waals surface area contributed by atoms with Gasteiger partial charge in [-0.25, -0.2) is 0 Å². The summed E-state index contributed by atoms with van der Waals surface area (Å²) in [4.78, 5) is 15.1. The zero-order valence-corrected chi connectivity index (χ0v) is 17.2. The first-order valence-corrected chi connectivity index (χ1v) is 11.4. The fourth-order valence-electron chi connectivity index (χ4n) is 5.35. The van der Waals surface area contributed by atoms with Crippen LogP contribution < -0.4 is 5.32 Å². The van der Waals surface area contributed by atoms with E-state index < -0.39 is 0 Å². The molecule has 1 saturated heterocycles. The van der Waals surface area contributed by atoms with Crippen LogP contribution in [0.25, 0.3) is 0 Å². The van der Waals surface area contributed by atoms with Gasteiger partial charge in [0.05, 0.1) is 23.3 Å². The highest BCUT2D eigenvalue weighted by molar-refractivity contribution is 5.93. The number of H-pyrrole nitrogens is 1. The van der Waals surface area contributed by atoms with Crippen LogP contribution in [0.5, 0.6) is 0 Å². The second-order valence-electron chi connectivity index (χ2n) is 9.05. The molecule has 5 rings (SSSR count). The van der Waals surface area contributed by atoms with Gasteiger partial charge in [0.2, 0.25) is 5.91 Å². The molecule has 1 aliphatic carbocycles. The topological polar surface area (TPSA) is 78.8 Å². The minimum Gasteiger partial charge on any atom is -0.323 e. The predicted molar refractivity (Wildman–Crippen MR) is 112 cm³/mol. The number of hydrogen-bond acceptors (Lipinski definition) is 4. The highest BCUT2D eigenvalue weighted by Gasteiger charge is 2.28. The number of nitrogens with one attached hydrogen (secondary N) is 2. The molecule has 0 aromatic carbocycles. The van der Waals surface area contributed by atoms with Crippen LogP contribution in [0.1, 0.15) is 74.4 Å². The number of aryl methyl sites for hydroxylation is 2. The average molecular weight is 397 g/mol. The van der Waals surface area contributed by atoms with E-state index >= 15 is 0 Å². The van der Waals surface area contributed by atoms with Crippen LogP contribution in [0, 0.1) is 5.92 Å². The summed E-state index contributed by atoms with van der Waals surface area (Å²) in [5.41, 5.74) is 4.56. The molecule has 2 aromatic rings. The number of amides is 1. The number of aromatic amines is 1. The Balaban J connectivity index is 1.23. The summed E-state index contributed by atoms with van der Waals surface area (Å²) < 4.78 is 2.20. The van der Waals surface area contributed by atoms with Crippen LogP contribution in [0.2, 0.25) is 0 Å². The van der Waals surface area contributed by atoms with Gasteiger partial charge in [0, 0.05) is 37.2 Å². The van der Waals surface area contributed by atoms with Crippen molar-refractivity contribution in [2.24, 2.45) is 5.92 Å². The smallest absolute Gasteiger partial charge is 0.227 e. The Morgan fingerprint density at radius 3 is 2.90 bits per heavy atom. The quantitative estimate of drug-likeness (QED) is 0.811. The second-order valence-corrected chi connectivity index (χ2v) is 9.05. The molecule has 7 nitrogen and oxygen atoms in total.